The molecule has 1 atom stereocenters. The predicted molar refractivity (Wildman–Crippen MR) is 81.7 cm³/mol. The van der Waals surface area contributed by atoms with E-state index in [9.17, 15) is 23.1 Å². The molecule has 1 heterocycles. The van der Waals surface area contributed by atoms with Crippen molar-refractivity contribution in [3.63, 3.8) is 0 Å². The van der Waals surface area contributed by atoms with Gasteiger partial charge in [0.15, 0.2) is 0 Å². The van der Waals surface area contributed by atoms with Crippen molar-refractivity contribution in [1.29, 1.82) is 0 Å². The Morgan fingerprint density at radius 1 is 1.12 bits per heavy atom. The van der Waals surface area contributed by atoms with Crippen LogP contribution in [0.3, 0.4) is 0 Å². The summed E-state index contributed by atoms with van der Waals surface area (Å²) >= 11 is 0. The van der Waals surface area contributed by atoms with E-state index < -0.39 is 23.8 Å². The zero-order valence-electron chi connectivity index (χ0n) is 12.6. The summed E-state index contributed by atoms with van der Waals surface area (Å²) in [5.74, 6) is -1.63. The summed E-state index contributed by atoms with van der Waals surface area (Å²) in [7, 11) is 0. The van der Waals surface area contributed by atoms with Crippen molar-refractivity contribution >= 4 is 11.5 Å². The standard InChI is InChI=1S/C18H13F3O3/c1-10-7-8-13-12(9-10)14(11-5-3-2-4-6-11)15(17(22)23)16(24-13)18(19,20)21/h2-9,16H,1H3,(H,22,23). The van der Waals surface area contributed by atoms with Crippen LogP contribution in [0, 0.1) is 6.92 Å². The second kappa shape index (κ2) is 5.70. The van der Waals surface area contributed by atoms with Gasteiger partial charge in [-0.1, -0.05) is 42.0 Å². The highest BCUT2D eigenvalue weighted by molar-refractivity contribution is 6.03. The molecule has 124 valence electrons. The molecule has 0 spiro atoms. The van der Waals surface area contributed by atoms with Crippen molar-refractivity contribution < 1.29 is 27.8 Å². The van der Waals surface area contributed by atoms with E-state index in [-0.39, 0.29) is 11.3 Å². The molecule has 2 aromatic carbocycles. The number of carboxylic acids is 1. The van der Waals surface area contributed by atoms with Crippen LogP contribution in [0.4, 0.5) is 13.2 Å². The highest BCUT2D eigenvalue weighted by Gasteiger charge is 2.50. The van der Waals surface area contributed by atoms with E-state index >= 15 is 0 Å². The Bertz CT molecular complexity index is 823. The molecule has 0 amide bonds. The van der Waals surface area contributed by atoms with E-state index in [2.05, 4.69) is 0 Å². The molecular weight excluding hydrogens is 321 g/mol. The lowest BCUT2D eigenvalue weighted by molar-refractivity contribution is -0.187. The summed E-state index contributed by atoms with van der Waals surface area (Å²) in [6.07, 6.45) is -7.35. The van der Waals surface area contributed by atoms with E-state index in [0.29, 0.717) is 11.1 Å². The molecule has 6 heteroatoms. The van der Waals surface area contributed by atoms with Crippen LogP contribution in [0.2, 0.25) is 0 Å². The van der Waals surface area contributed by atoms with Gasteiger partial charge in [0.25, 0.3) is 0 Å². The molecule has 0 bridgehead atoms. The van der Waals surface area contributed by atoms with Gasteiger partial charge in [0.05, 0.1) is 5.57 Å². The van der Waals surface area contributed by atoms with Gasteiger partial charge in [-0.2, -0.15) is 13.2 Å². The van der Waals surface area contributed by atoms with E-state index in [1.807, 2.05) is 0 Å². The van der Waals surface area contributed by atoms with Gasteiger partial charge in [0.1, 0.15) is 5.75 Å². The minimum atomic E-state index is -4.84. The first kappa shape index (κ1) is 16.1. The average molecular weight is 334 g/mol. The predicted octanol–water partition coefficient (Wildman–Crippen LogP) is 4.20. The number of hydrogen-bond acceptors (Lipinski definition) is 2. The Hall–Kier alpha value is -2.76. The molecule has 0 aromatic heterocycles. The Balaban J connectivity index is 2.37. The molecule has 3 rings (SSSR count). The summed E-state index contributed by atoms with van der Waals surface area (Å²) in [5.41, 5.74) is 0.779. The molecule has 0 radical (unpaired) electrons. The quantitative estimate of drug-likeness (QED) is 0.895. The topological polar surface area (TPSA) is 46.5 Å². The number of benzene rings is 2. The van der Waals surface area contributed by atoms with Crippen molar-refractivity contribution in [3.05, 3.63) is 70.8 Å². The third-order valence-electron chi connectivity index (χ3n) is 3.77. The largest absolute Gasteiger partial charge is 0.478 e. The van der Waals surface area contributed by atoms with Crippen molar-refractivity contribution in [2.24, 2.45) is 0 Å². The maximum absolute atomic E-state index is 13.4. The number of ether oxygens (including phenoxy) is 1. The molecule has 1 N–H and O–H groups in total. The number of rotatable bonds is 2. The van der Waals surface area contributed by atoms with Crippen LogP contribution < -0.4 is 4.74 Å². The number of halogens is 3. The minimum absolute atomic E-state index is 0.0202. The summed E-state index contributed by atoms with van der Waals surface area (Å²) in [4.78, 5) is 11.7. The first-order valence-corrected chi connectivity index (χ1v) is 7.16. The first-order chi connectivity index (χ1) is 11.3. The Morgan fingerprint density at radius 2 is 1.79 bits per heavy atom. The van der Waals surface area contributed by atoms with Crippen LogP contribution in [0.1, 0.15) is 16.7 Å². The Kier molecular flexibility index (Phi) is 3.83. The molecule has 2 aromatic rings. The number of hydrogen-bond donors (Lipinski definition) is 1. The summed E-state index contributed by atoms with van der Waals surface area (Å²) in [6.45, 7) is 1.78. The number of carboxylic acid groups (broad SMARTS) is 1. The Labute approximate surface area is 136 Å². The smallest absolute Gasteiger partial charge is 0.430 e. The summed E-state index contributed by atoms with van der Waals surface area (Å²) < 4.78 is 45.2. The number of alkyl halides is 3. The van der Waals surface area contributed by atoms with Crippen LogP contribution in [0.15, 0.2) is 54.1 Å². The van der Waals surface area contributed by atoms with Crippen molar-refractivity contribution in [1.82, 2.24) is 0 Å². The van der Waals surface area contributed by atoms with Crippen molar-refractivity contribution in [2.75, 3.05) is 0 Å². The fourth-order valence-corrected chi connectivity index (χ4v) is 2.77. The van der Waals surface area contributed by atoms with Crippen LogP contribution in [0.25, 0.3) is 5.57 Å². The zero-order chi connectivity index (χ0) is 17.5. The third-order valence-corrected chi connectivity index (χ3v) is 3.77. The van der Waals surface area contributed by atoms with E-state index in [0.717, 1.165) is 5.56 Å². The van der Waals surface area contributed by atoms with Gasteiger partial charge in [0, 0.05) is 11.1 Å². The van der Waals surface area contributed by atoms with Crippen LogP contribution >= 0.6 is 0 Å². The van der Waals surface area contributed by atoms with Crippen molar-refractivity contribution in [3.8, 4) is 5.75 Å². The monoisotopic (exact) mass is 334 g/mol. The number of carbonyl (C=O) groups is 1. The second-order valence-corrected chi connectivity index (χ2v) is 5.50. The number of aliphatic carboxylic acids is 1. The minimum Gasteiger partial charge on any atom is -0.478 e. The average Bonchev–Trinajstić information content (AvgIpc) is 2.52. The van der Waals surface area contributed by atoms with Gasteiger partial charge in [0.2, 0.25) is 6.10 Å². The summed E-state index contributed by atoms with van der Waals surface area (Å²) in [6, 6.07) is 12.9. The lowest BCUT2D eigenvalue weighted by Gasteiger charge is -2.31. The number of aryl methyl sites for hydroxylation is 1. The van der Waals surface area contributed by atoms with Gasteiger partial charge in [-0.25, -0.2) is 4.79 Å². The van der Waals surface area contributed by atoms with Gasteiger partial charge < -0.3 is 9.84 Å². The molecule has 3 nitrogen and oxygen atoms in total. The highest BCUT2D eigenvalue weighted by atomic mass is 19.4. The van der Waals surface area contributed by atoms with Gasteiger partial charge in [-0.15, -0.1) is 0 Å². The van der Waals surface area contributed by atoms with E-state index in [1.54, 1.807) is 49.4 Å². The van der Waals surface area contributed by atoms with Crippen LogP contribution in [-0.4, -0.2) is 23.4 Å². The molecule has 0 aliphatic carbocycles. The van der Waals surface area contributed by atoms with Gasteiger partial charge in [-0.3, -0.25) is 0 Å². The fourth-order valence-electron chi connectivity index (χ4n) is 2.77. The SMILES string of the molecule is Cc1ccc2c(c1)C(c1ccccc1)=C(C(=O)O)C(C(F)(F)F)O2. The Morgan fingerprint density at radius 3 is 2.38 bits per heavy atom. The molecule has 24 heavy (non-hydrogen) atoms. The van der Waals surface area contributed by atoms with E-state index in [4.69, 9.17) is 4.74 Å². The molecule has 0 saturated heterocycles. The fraction of sp³-hybridized carbons (Fsp3) is 0.167. The zero-order valence-corrected chi connectivity index (χ0v) is 12.6. The molecule has 0 fully saturated rings. The normalized spacial score (nSPS) is 17.2. The molecule has 0 saturated carbocycles. The van der Waals surface area contributed by atoms with Crippen molar-refractivity contribution in [2.45, 2.75) is 19.2 Å². The van der Waals surface area contributed by atoms with Gasteiger partial charge in [-0.05, 0) is 24.6 Å². The number of fused-ring (bicyclic) bond motifs is 1. The molecule has 1 aliphatic heterocycles. The maximum atomic E-state index is 13.4. The summed E-state index contributed by atoms with van der Waals surface area (Å²) in [5, 5.41) is 9.46. The lowest BCUT2D eigenvalue weighted by Crippen LogP contribution is -2.41. The van der Waals surface area contributed by atoms with Crippen LogP contribution in [-0.2, 0) is 4.79 Å². The molecule has 1 unspecified atom stereocenters. The highest BCUT2D eigenvalue weighted by Crippen LogP contribution is 2.44. The lowest BCUT2D eigenvalue weighted by atomic mass is 9.87. The molecule has 1 aliphatic rings. The molecular formula is C18H13F3O3. The maximum Gasteiger partial charge on any atom is 0.430 e. The van der Waals surface area contributed by atoms with Gasteiger partial charge >= 0.3 is 12.1 Å². The first-order valence-electron chi connectivity index (χ1n) is 7.16. The van der Waals surface area contributed by atoms with E-state index in [1.165, 1.54) is 6.07 Å². The third kappa shape index (κ3) is 2.75. The van der Waals surface area contributed by atoms with Crippen LogP contribution in [0.5, 0.6) is 5.75 Å². The second-order valence-electron chi connectivity index (χ2n) is 5.50.